The van der Waals surface area contributed by atoms with Gasteiger partial charge in [-0.2, -0.15) is 5.26 Å². The molecule has 2 N–H and O–H groups in total. The Kier molecular flexibility index (Phi) is 4.96. The maximum Gasteiger partial charge on any atom is 0.357 e. The van der Waals surface area contributed by atoms with Crippen molar-refractivity contribution in [3.05, 3.63) is 47.3 Å². The molecule has 0 aliphatic heterocycles. The van der Waals surface area contributed by atoms with Crippen molar-refractivity contribution in [3.8, 4) is 11.8 Å². The van der Waals surface area contributed by atoms with Crippen LogP contribution in [0.25, 0.3) is 5.69 Å². The summed E-state index contributed by atoms with van der Waals surface area (Å²) in [4.78, 5) is 25.2. The molecule has 0 unspecified atom stereocenters. The Morgan fingerprint density at radius 1 is 1.16 bits per heavy atom. The molecule has 4 fully saturated rings. The standard InChI is InChI=1S/C25H27N3O4/c1-31-24(30)22-21(27)19(12-26)13-28(22)20-4-2-3-18(8-20)23(29)32-14-25-9-15-5-16(10-25)7-17(6-15)11-25/h2-4,8,13,15-17H,5-7,9-11,14,27H2,1H3. The van der Waals surface area contributed by atoms with E-state index < -0.39 is 5.97 Å². The molecule has 2 aromatic rings. The topological polar surface area (TPSA) is 107 Å². The van der Waals surface area contributed by atoms with Crippen LogP contribution < -0.4 is 5.73 Å². The average molecular weight is 434 g/mol. The van der Waals surface area contributed by atoms with Gasteiger partial charge in [-0.1, -0.05) is 6.07 Å². The van der Waals surface area contributed by atoms with E-state index in [1.807, 2.05) is 6.07 Å². The van der Waals surface area contributed by atoms with Crippen LogP contribution in [0.1, 0.15) is 64.9 Å². The molecule has 0 spiro atoms. The molecule has 6 rings (SSSR count). The lowest BCUT2D eigenvalue weighted by Gasteiger charge is -2.56. The van der Waals surface area contributed by atoms with E-state index in [2.05, 4.69) is 0 Å². The monoisotopic (exact) mass is 433 g/mol. The number of ether oxygens (including phenoxy) is 2. The van der Waals surface area contributed by atoms with E-state index in [9.17, 15) is 14.9 Å². The fourth-order valence-electron chi connectivity index (χ4n) is 6.67. The zero-order valence-corrected chi connectivity index (χ0v) is 18.2. The van der Waals surface area contributed by atoms with Gasteiger partial charge in [-0.25, -0.2) is 9.59 Å². The van der Waals surface area contributed by atoms with E-state index in [0.29, 0.717) is 17.9 Å². The normalized spacial score (nSPS) is 27.7. The molecule has 0 atom stereocenters. The van der Waals surface area contributed by atoms with Crippen LogP contribution in [0.5, 0.6) is 0 Å². The van der Waals surface area contributed by atoms with Gasteiger partial charge in [-0.15, -0.1) is 0 Å². The van der Waals surface area contributed by atoms with Gasteiger partial charge in [0.25, 0.3) is 0 Å². The predicted molar refractivity (Wildman–Crippen MR) is 117 cm³/mol. The highest BCUT2D eigenvalue weighted by molar-refractivity contribution is 5.96. The van der Waals surface area contributed by atoms with Gasteiger partial charge in [0.2, 0.25) is 0 Å². The Labute approximate surface area is 187 Å². The van der Waals surface area contributed by atoms with Crippen LogP contribution in [-0.2, 0) is 9.47 Å². The van der Waals surface area contributed by atoms with Gasteiger partial charge in [-0.3, -0.25) is 0 Å². The molecule has 32 heavy (non-hydrogen) atoms. The van der Waals surface area contributed by atoms with Crippen molar-refractivity contribution in [1.29, 1.82) is 5.26 Å². The summed E-state index contributed by atoms with van der Waals surface area (Å²) >= 11 is 0. The zero-order valence-electron chi connectivity index (χ0n) is 18.2. The molecule has 4 aliphatic rings. The van der Waals surface area contributed by atoms with Gasteiger partial charge in [-0.05, 0) is 74.5 Å². The van der Waals surface area contributed by atoms with E-state index in [1.54, 1.807) is 24.3 Å². The highest BCUT2D eigenvalue weighted by Gasteiger charge is 2.51. The highest BCUT2D eigenvalue weighted by atomic mass is 16.5. The van der Waals surface area contributed by atoms with Crippen molar-refractivity contribution in [2.45, 2.75) is 38.5 Å². The minimum Gasteiger partial charge on any atom is -0.464 e. The number of nitrogens with zero attached hydrogens (tertiary/aromatic N) is 2. The van der Waals surface area contributed by atoms with Crippen LogP contribution in [-0.4, -0.2) is 30.2 Å². The first-order valence-electron chi connectivity index (χ1n) is 11.2. The molecule has 166 valence electrons. The number of nitrogens with two attached hydrogens (primary N) is 1. The number of aromatic nitrogens is 1. The Hall–Kier alpha value is -3.27. The lowest BCUT2D eigenvalue weighted by atomic mass is 9.50. The Morgan fingerprint density at radius 2 is 1.81 bits per heavy atom. The van der Waals surface area contributed by atoms with Crippen LogP contribution in [0.15, 0.2) is 30.5 Å². The summed E-state index contributed by atoms with van der Waals surface area (Å²) in [6.07, 6.45) is 9.05. The summed E-state index contributed by atoms with van der Waals surface area (Å²) in [6.45, 7) is 0.474. The first kappa shape index (κ1) is 20.6. The molecular weight excluding hydrogens is 406 g/mol. The van der Waals surface area contributed by atoms with Crippen LogP contribution in [0.4, 0.5) is 5.69 Å². The van der Waals surface area contributed by atoms with Gasteiger partial charge >= 0.3 is 11.9 Å². The molecule has 4 aliphatic carbocycles. The van der Waals surface area contributed by atoms with Gasteiger partial charge in [0.1, 0.15) is 6.07 Å². The van der Waals surface area contributed by atoms with E-state index >= 15 is 0 Å². The maximum atomic E-state index is 12.9. The van der Waals surface area contributed by atoms with Crippen molar-refractivity contribution in [3.63, 3.8) is 0 Å². The molecule has 1 aromatic carbocycles. The summed E-state index contributed by atoms with van der Waals surface area (Å²) in [6, 6.07) is 8.79. The summed E-state index contributed by atoms with van der Waals surface area (Å²) in [5.41, 5.74) is 7.33. The number of nitriles is 1. The highest BCUT2D eigenvalue weighted by Crippen LogP contribution is 2.60. The number of hydrogen-bond donors (Lipinski definition) is 1. The SMILES string of the molecule is COC(=O)c1c(N)c(C#N)cn1-c1cccc(C(=O)OCC23CC4CC(CC(C4)C2)C3)c1. The lowest BCUT2D eigenvalue weighted by Crippen LogP contribution is -2.48. The number of rotatable bonds is 5. The quantitative estimate of drug-likeness (QED) is 0.712. The Bertz CT molecular complexity index is 1090. The third-order valence-corrected chi connectivity index (χ3v) is 7.58. The number of anilines is 1. The van der Waals surface area contributed by atoms with Crippen LogP contribution in [0.2, 0.25) is 0 Å². The number of nitrogen functional groups attached to an aromatic ring is 1. The van der Waals surface area contributed by atoms with Crippen molar-refractivity contribution in [2.75, 3.05) is 19.5 Å². The van der Waals surface area contributed by atoms with Crippen LogP contribution >= 0.6 is 0 Å². The zero-order chi connectivity index (χ0) is 22.5. The van der Waals surface area contributed by atoms with E-state index in [1.165, 1.54) is 56.4 Å². The second-order valence-electron chi connectivity index (χ2n) is 9.82. The fraction of sp³-hybridized carbons (Fsp3) is 0.480. The fourth-order valence-corrected chi connectivity index (χ4v) is 6.67. The minimum absolute atomic E-state index is 0.0501. The number of esters is 2. The van der Waals surface area contributed by atoms with Crippen molar-refractivity contribution in [2.24, 2.45) is 23.2 Å². The second kappa shape index (κ2) is 7.70. The van der Waals surface area contributed by atoms with Gasteiger partial charge in [0, 0.05) is 17.3 Å². The van der Waals surface area contributed by atoms with Gasteiger partial charge in [0.05, 0.1) is 30.5 Å². The predicted octanol–water partition coefficient (Wildman–Crippen LogP) is 4.09. The number of benzene rings is 1. The first-order chi connectivity index (χ1) is 15.4. The van der Waals surface area contributed by atoms with Crippen LogP contribution in [0.3, 0.4) is 0 Å². The summed E-state index contributed by atoms with van der Waals surface area (Å²) in [5.74, 6) is 1.37. The molecule has 4 saturated carbocycles. The first-order valence-corrected chi connectivity index (χ1v) is 11.2. The minimum atomic E-state index is -0.654. The number of carbonyl (C=O) groups is 2. The van der Waals surface area contributed by atoms with E-state index in [4.69, 9.17) is 15.2 Å². The number of hydrogen-bond acceptors (Lipinski definition) is 6. The summed E-state index contributed by atoms with van der Waals surface area (Å²) in [7, 11) is 1.25. The summed E-state index contributed by atoms with van der Waals surface area (Å²) in [5, 5.41) is 9.32. The van der Waals surface area contributed by atoms with Crippen LogP contribution in [0, 0.1) is 34.5 Å². The molecule has 1 heterocycles. The van der Waals surface area contributed by atoms with Crippen molar-refractivity contribution >= 4 is 17.6 Å². The molecule has 0 saturated heterocycles. The molecule has 7 heteroatoms. The van der Waals surface area contributed by atoms with Gasteiger partial charge < -0.3 is 19.8 Å². The van der Waals surface area contributed by atoms with Crippen molar-refractivity contribution in [1.82, 2.24) is 4.57 Å². The second-order valence-corrected chi connectivity index (χ2v) is 9.82. The largest absolute Gasteiger partial charge is 0.464 e. The number of methoxy groups -OCH3 is 1. The lowest BCUT2D eigenvalue weighted by molar-refractivity contribution is -0.0848. The summed E-state index contributed by atoms with van der Waals surface area (Å²) < 4.78 is 12.1. The number of carbonyl (C=O) groups excluding carboxylic acids is 2. The smallest absolute Gasteiger partial charge is 0.357 e. The molecule has 0 radical (unpaired) electrons. The average Bonchev–Trinajstić information content (AvgIpc) is 3.12. The molecule has 1 aromatic heterocycles. The molecule has 7 nitrogen and oxygen atoms in total. The Balaban J connectivity index is 1.37. The van der Waals surface area contributed by atoms with E-state index in [0.717, 1.165) is 17.8 Å². The Morgan fingerprint density at radius 3 is 2.41 bits per heavy atom. The van der Waals surface area contributed by atoms with E-state index in [-0.39, 0.29) is 28.3 Å². The molecular formula is C25H27N3O4. The molecule has 4 bridgehead atoms. The van der Waals surface area contributed by atoms with Crippen molar-refractivity contribution < 1.29 is 19.1 Å². The maximum absolute atomic E-state index is 12.9. The third kappa shape index (κ3) is 3.44. The van der Waals surface area contributed by atoms with Gasteiger partial charge in [0.15, 0.2) is 5.69 Å². The molecule has 0 amide bonds. The third-order valence-electron chi connectivity index (χ3n) is 7.58.